The Labute approximate surface area is 207 Å². The third-order valence-corrected chi connectivity index (χ3v) is 8.04. The van der Waals surface area contributed by atoms with Crippen LogP contribution in [-0.2, 0) is 9.59 Å². The number of urea groups is 1. The molecule has 4 saturated heterocycles. The van der Waals surface area contributed by atoms with Gasteiger partial charge in [-0.3, -0.25) is 4.79 Å². The maximum absolute atomic E-state index is 13.4. The molecule has 1 aromatic rings. The minimum absolute atomic E-state index is 0.115. The number of rotatable bonds is 1. The summed E-state index contributed by atoms with van der Waals surface area (Å²) in [7, 11) is 1.92. The van der Waals surface area contributed by atoms with Gasteiger partial charge in [-0.25, -0.2) is 19.6 Å². The second-order valence-electron chi connectivity index (χ2n) is 10.0. The number of aromatic nitrogens is 2. The minimum atomic E-state index is -5.08. The number of halogens is 3. The number of amides is 3. The molecule has 4 aliphatic heterocycles. The maximum Gasteiger partial charge on any atom is 0.490 e. The van der Waals surface area contributed by atoms with Gasteiger partial charge in [-0.15, -0.1) is 0 Å². The lowest BCUT2D eigenvalue weighted by molar-refractivity contribution is -0.192. The number of alkyl halides is 3. The zero-order valence-electron chi connectivity index (χ0n) is 20.2. The molecule has 3 amide bonds. The van der Waals surface area contributed by atoms with Crippen LogP contribution in [0, 0.1) is 10.8 Å². The highest BCUT2D eigenvalue weighted by Crippen LogP contribution is 2.58. The number of hydrogen-bond donors (Lipinski definition) is 1. The van der Waals surface area contributed by atoms with E-state index in [2.05, 4.69) is 14.9 Å². The number of anilines is 1. The first-order valence-electron chi connectivity index (χ1n) is 12.1. The number of carbonyl (C=O) groups excluding carboxylic acids is 2. The first-order valence-corrected chi connectivity index (χ1v) is 12.1. The van der Waals surface area contributed by atoms with Gasteiger partial charge in [-0.2, -0.15) is 13.2 Å². The molecule has 0 radical (unpaired) electrons. The monoisotopic (exact) mass is 512 g/mol. The van der Waals surface area contributed by atoms with E-state index in [1.165, 1.54) is 0 Å². The van der Waals surface area contributed by atoms with Crippen LogP contribution < -0.4 is 4.90 Å². The van der Waals surface area contributed by atoms with Gasteiger partial charge >= 0.3 is 18.2 Å². The van der Waals surface area contributed by atoms with E-state index < -0.39 is 12.1 Å². The predicted octanol–water partition coefficient (Wildman–Crippen LogP) is 2.08. The van der Waals surface area contributed by atoms with Crippen molar-refractivity contribution in [3.05, 3.63) is 18.5 Å². The second-order valence-corrected chi connectivity index (χ2v) is 10.0. The van der Waals surface area contributed by atoms with Gasteiger partial charge in [-0.1, -0.05) is 0 Å². The van der Waals surface area contributed by atoms with Crippen LogP contribution >= 0.6 is 0 Å². The number of likely N-dealkylation sites (tertiary alicyclic amines) is 3. The number of piperidine rings is 1. The predicted molar refractivity (Wildman–Crippen MR) is 122 cm³/mol. The molecule has 0 aliphatic carbocycles. The number of fused-ring (bicyclic) bond motifs is 1. The molecule has 0 aromatic carbocycles. The average molecular weight is 513 g/mol. The molecule has 10 nitrogen and oxygen atoms in total. The standard InChI is InChI=1S/C21H30N6O2.C2HF3O2/c1-24-12-7-21(17(24)28)16-27(18-22-8-4-9-23-18)15-20(21)5-13-26(14-6-20)19(29)25-10-2-3-11-25;3-2(4,5)1(6)7/h4,8-9H,2-3,5-7,10-16H2,1H3;(H,6,7). The van der Waals surface area contributed by atoms with Gasteiger partial charge in [0.15, 0.2) is 0 Å². The van der Waals surface area contributed by atoms with Gasteiger partial charge in [0, 0.05) is 70.7 Å². The molecule has 1 N–H and O–H groups in total. The first kappa shape index (κ1) is 26.0. The fourth-order valence-electron chi connectivity index (χ4n) is 6.10. The number of carboxylic acids is 1. The Hall–Kier alpha value is -3.12. The Bertz CT molecular complexity index is 980. The molecule has 1 aromatic heterocycles. The van der Waals surface area contributed by atoms with Crippen LogP contribution in [0.5, 0.6) is 0 Å². The maximum atomic E-state index is 13.4. The van der Waals surface area contributed by atoms with E-state index in [0.717, 1.165) is 71.4 Å². The van der Waals surface area contributed by atoms with E-state index in [9.17, 15) is 22.8 Å². The highest BCUT2D eigenvalue weighted by Gasteiger charge is 2.65. The van der Waals surface area contributed by atoms with Crippen molar-refractivity contribution < 1.29 is 32.7 Å². The third-order valence-electron chi connectivity index (χ3n) is 8.04. The highest BCUT2D eigenvalue weighted by atomic mass is 19.4. The zero-order valence-corrected chi connectivity index (χ0v) is 20.2. The smallest absolute Gasteiger partial charge is 0.475 e. The molecule has 198 valence electrons. The Balaban J connectivity index is 0.000000384. The van der Waals surface area contributed by atoms with Crippen molar-refractivity contribution in [3.8, 4) is 0 Å². The summed E-state index contributed by atoms with van der Waals surface area (Å²) >= 11 is 0. The van der Waals surface area contributed by atoms with Crippen LogP contribution in [0.15, 0.2) is 18.5 Å². The van der Waals surface area contributed by atoms with Gasteiger partial charge < -0.3 is 24.7 Å². The summed E-state index contributed by atoms with van der Waals surface area (Å²) in [4.78, 5) is 52.1. The van der Waals surface area contributed by atoms with Crippen LogP contribution in [-0.4, -0.2) is 107 Å². The lowest BCUT2D eigenvalue weighted by atomic mass is 9.60. The number of carboxylic acid groups (broad SMARTS) is 1. The molecule has 2 spiro atoms. The topological polar surface area (TPSA) is 110 Å². The van der Waals surface area contributed by atoms with E-state index in [0.29, 0.717) is 12.5 Å². The molecule has 5 rings (SSSR count). The van der Waals surface area contributed by atoms with E-state index in [1.54, 1.807) is 12.4 Å². The number of aliphatic carboxylic acids is 1. The molecular formula is C23H31F3N6O4. The Morgan fingerprint density at radius 3 is 2.00 bits per heavy atom. The van der Waals surface area contributed by atoms with Crippen molar-refractivity contribution >= 4 is 23.9 Å². The lowest BCUT2D eigenvalue weighted by Gasteiger charge is -2.47. The van der Waals surface area contributed by atoms with Gasteiger partial charge in [-0.05, 0) is 38.2 Å². The average Bonchev–Trinajstić information content (AvgIpc) is 3.57. The molecule has 0 bridgehead atoms. The zero-order chi connectivity index (χ0) is 26.1. The van der Waals surface area contributed by atoms with E-state index in [1.807, 2.05) is 27.8 Å². The molecule has 0 saturated carbocycles. The summed E-state index contributed by atoms with van der Waals surface area (Å²) < 4.78 is 31.7. The first-order chi connectivity index (χ1) is 17.0. The molecule has 4 aliphatic rings. The molecule has 1 unspecified atom stereocenters. The Kier molecular flexibility index (Phi) is 7.02. The number of nitrogens with zero attached hydrogens (tertiary/aromatic N) is 6. The lowest BCUT2D eigenvalue weighted by Crippen LogP contribution is -2.55. The van der Waals surface area contributed by atoms with Crippen LogP contribution in [0.1, 0.15) is 32.1 Å². The van der Waals surface area contributed by atoms with Gasteiger partial charge in [0.1, 0.15) is 0 Å². The number of hydrogen-bond acceptors (Lipinski definition) is 6. The fraction of sp³-hybridized carbons (Fsp3) is 0.696. The summed E-state index contributed by atoms with van der Waals surface area (Å²) in [5.74, 6) is -1.79. The highest BCUT2D eigenvalue weighted by molar-refractivity contribution is 5.87. The van der Waals surface area contributed by atoms with Crippen molar-refractivity contribution in [3.63, 3.8) is 0 Å². The molecular weight excluding hydrogens is 481 g/mol. The number of carbonyl (C=O) groups is 3. The van der Waals surface area contributed by atoms with Crippen molar-refractivity contribution in [2.45, 2.75) is 38.3 Å². The van der Waals surface area contributed by atoms with Crippen molar-refractivity contribution in [2.24, 2.45) is 10.8 Å². The van der Waals surface area contributed by atoms with Crippen LogP contribution in [0.25, 0.3) is 0 Å². The summed E-state index contributed by atoms with van der Waals surface area (Å²) in [5, 5.41) is 7.12. The van der Waals surface area contributed by atoms with Gasteiger partial charge in [0.25, 0.3) is 0 Å². The normalized spacial score (nSPS) is 25.5. The van der Waals surface area contributed by atoms with Crippen LogP contribution in [0.3, 0.4) is 0 Å². The molecule has 36 heavy (non-hydrogen) atoms. The quantitative estimate of drug-likeness (QED) is 0.614. The molecule has 5 heterocycles. The van der Waals surface area contributed by atoms with Crippen molar-refractivity contribution in [1.82, 2.24) is 24.7 Å². The van der Waals surface area contributed by atoms with E-state index in [4.69, 9.17) is 9.90 Å². The van der Waals surface area contributed by atoms with Crippen LogP contribution in [0.2, 0.25) is 0 Å². The van der Waals surface area contributed by atoms with Crippen molar-refractivity contribution in [2.75, 3.05) is 57.8 Å². The second kappa shape index (κ2) is 9.74. The van der Waals surface area contributed by atoms with Crippen molar-refractivity contribution in [1.29, 1.82) is 0 Å². The van der Waals surface area contributed by atoms with E-state index >= 15 is 0 Å². The largest absolute Gasteiger partial charge is 0.490 e. The molecule has 13 heteroatoms. The Morgan fingerprint density at radius 2 is 1.50 bits per heavy atom. The Morgan fingerprint density at radius 1 is 0.944 bits per heavy atom. The summed E-state index contributed by atoms with van der Waals surface area (Å²) in [6, 6.07) is 2.00. The van der Waals surface area contributed by atoms with Crippen LogP contribution in [0.4, 0.5) is 23.9 Å². The summed E-state index contributed by atoms with van der Waals surface area (Å²) in [5.41, 5.74) is -0.500. The SMILES string of the molecule is CN1CCC2(CN(c3ncccn3)CC23CCN(C(=O)N2CCCC2)CC3)C1=O.O=C(O)C(F)(F)F. The summed E-state index contributed by atoms with van der Waals surface area (Å²) in [6.07, 6.45) is 3.29. The molecule has 4 fully saturated rings. The van der Waals surface area contributed by atoms with E-state index in [-0.39, 0.29) is 22.8 Å². The molecule has 1 atom stereocenters. The fourth-order valence-corrected chi connectivity index (χ4v) is 6.10. The summed E-state index contributed by atoms with van der Waals surface area (Å²) in [6.45, 7) is 5.51. The minimum Gasteiger partial charge on any atom is -0.475 e. The van der Waals surface area contributed by atoms with Gasteiger partial charge in [0.05, 0.1) is 5.41 Å². The third kappa shape index (κ3) is 4.66. The van der Waals surface area contributed by atoms with Gasteiger partial charge in [0.2, 0.25) is 11.9 Å².